The second-order valence-corrected chi connectivity index (χ2v) is 15.0. The van der Waals surface area contributed by atoms with E-state index >= 15 is 4.39 Å². The SMILES string of the molecule is CC[C@@H](O[C@]1(F)[C@H](O[P@@](=O)(N[C@H](C)C(=O)OCC(C)(C)C)Oc2cccc3ccccc23)[C@]1(O)CF)n1cnc2c(N(C)C)nc(N)nc21. The van der Waals surface area contributed by atoms with Crippen LogP contribution in [-0.4, -0.2) is 81.6 Å². The molecule has 0 aliphatic heterocycles. The highest BCUT2D eigenvalue weighted by molar-refractivity contribution is 7.52. The van der Waals surface area contributed by atoms with Crippen molar-refractivity contribution in [2.45, 2.75) is 70.9 Å². The maximum atomic E-state index is 16.8. The van der Waals surface area contributed by atoms with Gasteiger partial charge in [-0.2, -0.15) is 15.1 Å². The van der Waals surface area contributed by atoms with Gasteiger partial charge in [-0.15, -0.1) is 0 Å². The summed E-state index contributed by atoms with van der Waals surface area (Å²) in [6.07, 6.45) is -1.97. The van der Waals surface area contributed by atoms with E-state index in [1.54, 1.807) is 62.3 Å². The first-order chi connectivity index (χ1) is 22.9. The number of aliphatic hydroxyl groups is 1. The van der Waals surface area contributed by atoms with Crippen molar-refractivity contribution in [3.8, 4) is 5.75 Å². The molecule has 49 heavy (non-hydrogen) atoms. The Hall–Kier alpha value is -3.95. The second-order valence-electron chi connectivity index (χ2n) is 13.4. The summed E-state index contributed by atoms with van der Waals surface area (Å²) < 4.78 is 69.8. The van der Waals surface area contributed by atoms with E-state index in [2.05, 4.69) is 20.0 Å². The number of esters is 1. The lowest BCUT2D eigenvalue weighted by Gasteiger charge is -2.25. The molecule has 2 aromatic carbocycles. The predicted molar refractivity (Wildman–Crippen MR) is 179 cm³/mol. The molecule has 6 atom stereocenters. The number of nitrogens with two attached hydrogens (primary N) is 1. The first-order valence-corrected chi connectivity index (χ1v) is 17.2. The number of hydrogen-bond acceptors (Lipinski definition) is 12. The lowest BCUT2D eigenvalue weighted by Crippen LogP contribution is -2.37. The van der Waals surface area contributed by atoms with E-state index in [0.29, 0.717) is 16.7 Å². The first kappa shape index (κ1) is 36.3. The summed E-state index contributed by atoms with van der Waals surface area (Å²) in [5, 5.41) is 14.9. The molecule has 1 aliphatic carbocycles. The van der Waals surface area contributed by atoms with Gasteiger partial charge in [0, 0.05) is 19.5 Å². The quantitative estimate of drug-likeness (QED) is 0.117. The van der Waals surface area contributed by atoms with Crippen LogP contribution in [0.1, 0.15) is 47.3 Å². The van der Waals surface area contributed by atoms with E-state index in [1.165, 1.54) is 23.9 Å². The number of carbonyl (C=O) groups is 1. The van der Waals surface area contributed by atoms with Crippen molar-refractivity contribution in [1.29, 1.82) is 0 Å². The summed E-state index contributed by atoms with van der Waals surface area (Å²) in [5.41, 5.74) is 3.19. The monoisotopic (exact) mass is 705 g/mol. The minimum atomic E-state index is -4.82. The number of halogens is 2. The third kappa shape index (κ3) is 7.19. The minimum absolute atomic E-state index is 0.0484. The normalized spacial score (nSPS) is 23.2. The fourth-order valence-electron chi connectivity index (χ4n) is 5.20. The summed E-state index contributed by atoms with van der Waals surface area (Å²) >= 11 is 0. The lowest BCUT2D eigenvalue weighted by molar-refractivity contribution is -0.183. The molecule has 14 nitrogen and oxygen atoms in total. The molecular formula is C32H42F2N7O7P. The van der Waals surface area contributed by atoms with E-state index in [4.69, 9.17) is 24.3 Å². The van der Waals surface area contributed by atoms with Gasteiger partial charge < -0.3 is 29.7 Å². The number of nitrogen functional groups attached to an aromatic ring is 1. The van der Waals surface area contributed by atoms with Crippen LogP contribution >= 0.6 is 7.75 Å². The number of nitrogens with zero attached hydrogens (tertiary/aromatic N) is 5. The van der Waals surface area contributed by atoms with Crippen LogP contribution < -0.4 is 20.2 Å². The molecule has 0 radical (unpaired) electrons. The first-order valence-electron chi connectivity index (χ1n) is 15.7. The number of fused-ring (bicyclic) bond motifs is 2. The van der Waals surface area contributed by atoms with Gasteiger partial charge in [0.2, 0.25) is 5.95 Å². The zero-order valence-corrected chi connectivity index (χ0v) is 29.3. The molecular weight excluding hydrogens is 663 g/mol. The van der Waals surface area contributed by atoms with Crippen LogP contribution in [0.5, 0.6) is 5.75 Å². The lowest BCUT2D eigenvalue weighted by atomic mass is 9.99. The number of anilines is 2. The number of aromatic nitrogens is 4. The van der Waals surface area contributed by atoms with Crippen molar-refractivity contribution in [2.75, 3.05) is 38.0 Å². The molecule has 2 heterocycles. The highest BCUT2D eigenvalue weighted by atomic mass is 31.2. The molecule has 0 bridgehead atoms. The topological polar surface area (TPSA) is 176 Å². The van der Waals surface area contributed by atoms with Gasteiger partial charge in [0.15, 0.2) is 28.7 Å². The maximum absolute atomic E-state index is 16.8. The van der Waals surface area contributed by atoms with Crippen molar-refractivity contribution < 1.29 is 41.8 Å². The van der Waals surface area contributed by atoms with Crippen molar-refractivity contribution in [1.82, 2.24) is 24.6 Å². The molecule has 4 N–H and O–H groups in total. The second kappa shape index (κ2) is 13.4. The van der Waals surface area contributed by atoms with Gasteiger partial charge in [0.25, 0.3) is 5.85 Å². The summed E-state index contributed by atoms with van der Waals surface area (Å²) in [6.45, 7) is 6.97. The van der Waals surface area contributed by atoms with Crippen LogP contribution in [-0.2, 0) is 23.4 Å². The zero-order chi connectivity index (χ0) is 35.9. The van der Waals surface area contributed by atoms with Crippen LogP contribution in [0.25, 0.3) is 21.9 Å². The molecule has 0 saturated heterocycles. The summed E-state index contributed by atoms with van der Waals surface area (Å²) in [6, 6.07) is 10.7. The van der Waals surface area contributed by atoms with Crippen molar-refractivity contribution in [3.63, 3.8) is 0 Å². The third-order valence-electron chi connectivity index (χ3n) is 7.86. The Morgan fingerprint density at radius 3 is 2.55 bits per heavy atom. The molecule has 1 aliphatic rings. The Bertz CT molecular complexity index is 1880. The number of hydrogen-bond donors (Lipinski definition) is 3. The van der Waals surface area contributed by atoms with E-state index in [9.17, 15) is 18.9 Å². The third-order valence-corrected chi connectivity index (χ3v) is 9.49. The minimum Gasteiger partial charge on any atom is -0.464 e. The Morgan fingerprint density at radius 1 is 1.20 bits per heavy atom. The van der Waals surface area contributed by atoms with Crippen molar-refractivity contribution in [3.05, 3.63) is 48.8 Å². The molecule has 0 amide bonds. The molecule has 0 unspecified atom stereocenters. The van der Waals surface area contributed by atoms with E-state index in [-0.39, 0.29) is 35.8 Å². The van der Waals surface area contributed by atoms with E-state index < -0.39 is 50.2 Å². The molecule has 2 aromatic heterocycles. The number of nitrogens with one attached hydrogen (secondary N) is 1. The van der Waals surface area contributed by atoms with Crippen LogP contribution in [0.2, 0.25) is 0 Å². The Labute approximate surface area is 282 Å². The summed E-state index contributed by atoms with van der Waals surface area (Å²) in [5.74, 6) is -3.66. The largest absolute Gasteiger partial charge is 0.464 e. The molecule has 1 saturated carbocycles. The van der Waals surface area contributed by atoms with E-state index in [1.807, 2.05) is 20.8 Å². The maximum Gasteiger partial charge on any atom is 0.460 e. The number of ether oxygens (including phenoxy) is 2. The number of rotatable bonds is 14. The van der Waals surface area contributed by atoms with Gasteiger partial charge >= 0.3 is 13.7 Å². The average molecular weight is 706 g/mol. The zero-order valence-electron chi connectivity index (χ0n) is 28.4. The van der Waals surface area contributed by atoms with Gasteiger partial charge in [-0.3, -0.25) is 13.9 Å². The summed E-state index contributed by atoms with van der Waals surface area (Å²) in [7, 11) is -1.36. The van der Waals surface area contributed by atoms with Crippen LogP contribution in [0.15, 0.2) is 48.8 Å². The number of carbonyl (C=O) groups excluding carboxylic acids is 1. The van der Waals surface area contributed by atoms with Crippen LogP contribution in [0.4, 0.5) is 20.5 Å². The van der Waals surface area contributed by atoms with Gasteiger partial charge in [-0.1, -0.05) is 64.1 Å². The Kier molecular flexibility index (Phi) is 9.94. The molecule has 266 valence electrons. The standard InChI is InChI=1S/C32H42F2N7O7P/c1-8-23(41-18-36-24-25(40(6)7)37-29(35)38-26(24)41)46-32(34)28(31(32,43)16-33)48-49(44,39-19(2)27(42)45-17-30(3,4)5)47-22-15-11-13-20-12-9-10-14-21(20)22/h9-15,18-19,23,28,43H,8,16-17H2,1-7H3,(H,39,44)(H2,35,37,38)/t19-,23-,28-,31-,32-,49-/m1/s1. The van der Waals surface area contributed by atoms with Gasteiger partial charge in [0.1, 0.15) is 24.7 Å². The molecule has 17 heteroatoms. The number of alkyl halides is 2. The summed E-state index contributed by atoms with van der Waals surface area (Å²) in [4.78, 5) is 27.3. The molecule has 1 fully saturated rings. The fraction of sp³-hybridized carbons (Fsp3) is 0.500. The highest BCUT2D eigenvalue weighted by Gasteiger charge is 2.84. The van der Waals surface area contributed by atoms with Crippen molar-refractivity contribution >= 4 is 47.4 Å². The van der Waals surface area contributed by atoms with Crippen LogP contribution in [0.3, 0.4) is 0 Å². The van der Waals surface area contributed by atoms with Gasteiger partial charge in [0.05, 0.1) is 12.9 Å². The van der Waals surface area contributed by atoms with E-state index in [0.717, 1.165) is 5.39 Å². The molecule has 5 rings (SSSR count). The van der Waals surface area contributed by atoms with Gasteiger partial charge in [-0.25, -0.2) is 18.3 Å². The number of imidazole rings is 1. The number of benzene rings is 2. The van der Waals surface area contributed by atoms with Crippen LogP contribution in [0, 0.1) is 5.41 Å². The highest BCUT2D eigenvalue weighted by Crippen LogP contribution is 2.63. The Balaban J connectivity index is 1.47. The van der Waals surface area contributed by atoms with Gasteiger partial charge in [-0.05, 0) is 30.2 Å². The molecule has 0 spiro atoms. The van der Waals surface area contributed by atoms with Crippen molar-refractivity contribution in [2.24, 2.45) is 5.41 Å². The smallest absolute Gasteiger partial charge is 0.460 e. The Morgan fingerprint density at radius 2 is 1.90 bits per heavy atom. The fourth-order valence-corrected chi connectivity index (χ4v) is 6.94. The molecule has 4 aromatic rings. The average Bonchev–Trinajstić information content (AvgIpc) is 3.28. The predicted octanol–water partition coefficient (Wildman–Crippen LogP) is 5.07.